The normalized spacial score (nSPS) is 13.1. The number of hydrogen-bond donors (Lipinski definition) is 1. The average molecular weight is 508 g/mol. The van der Waals surface area contributed by atoms with E-state index in [-0.39, 0.29) is 18.5 Å². The summed E-state index contributed by atoms with van der Waals surface area (Å²) in [4.78, 5) is 27.8. The van der Waals surface area contributed by atoms with Crippen LogP contribution in [0.5, 0.6) is 0 Å². The minimum Gasteiger partial charge on any atom is -0.352 e. The van der Waals surface area contributed by atoms with Gasteiger partial charge in [0.1, 0.15) is 12.6 Å². The molecule has 0 fully saturated rings. The summed E-state index contributed by atoms with van der Waals surface area (Å²) in [5.41, 5.74) is 2.02. The molecule has 0 unspecified atom stereocenters. The number of benzene rings is 2. The summed E-state index contributed by atoms with van der Waals surface area (Å²) in [5, 5.41) is 3.28. The van der Waals surface area contributed by atoms with Crippen molar-refractivity contribution in [2.45, 2.75) is 52.6 Å². The molecule has 1 N–H and O–H groups in total. The Morgan fingerprint density at radius 3 is 2.32 bits per heavy atom. The van der Waals surface area contributed by atoms with Crippen LogP contribution in [0.3, 0.4) is 0 Å². The molecule has 0 heterocycles. The number of nitrogens with zero attached hydrogens (tertiary/aromatic N) is 2. The maximum absolute atomic E-state index is 13.5. The van der Waals surface area contributed by atoms with Gasteiger partial charge in [0.15, 0.2) is 0 Å². The van der Waals surface area contributed by atoms with Crippen molar-refractivity contribution in [1.82, 2.24) is 10.2 Å². The molecule has 0 aliphatic carbocycles. The van der Waals surface area contributed by atoms with Gasteiger partial charge in [0.2, 0.25) is 21.8 Å². The van der Waals surface area contributed by atoms with Crippen LogP contribution in [-0.4, -0.2) is 56.6 Å². The molecule has 0 saturated heterocycles. The number of halogens is 1. The van der Waals surface area contributed by atoms with Gasteiger partial charge in [0.05, 0.1) is 11.9 Å². The fourth-order valence-corrected chi connectivity index (χ4v) is 4.55. The van der Waals surface area contributed by atoms with Gasteiger partial charge in [0.25, 0.3) is 0 Å². The SMILES string of the molecule is CC[C@H](C)NC(=O)[C@@H](C)N(CCc1ccccc1)C(=O)CN(c1cc(Cl)ccc1C)S(C)(=O)=O. The highest BCUT2D eigenvalue weighted by Gasteiger charge is 2.30. The third-order valence-corrected chi connectivity index (χ3v) is 7.13. The molecule has 9 heteroatoms. The Morgan fingerprint density at radius 1 is 1.09 bits per heavy atom. The van der Waals surface area contributed by atoms with E-state index in [2.05, 4.69) is 5.32 Å². The summed E-state index contributed by atoms with van der Waals surface area (Å²) < 4.78 is 26.4. The van der Waals surface area contributed by atoms with Gasteiger partial charge in [-0.05, 0) is 56.9 Å². The number of sulfonamides is 1. The van der Waals surface area contributed by atoms with Crippen molar-refractivity contribution in [3.63, 3.8) is 0 Å². The Morgan fingerprint density at radius 2 is 1.74 bits per heavy atom. The lowest BCUT2D eigenvalue weighted by molar-refractivity contribution is -0.139. The van der Waals surface area contributed by atoms with Crippen molar-refractivity contribution in [3.05, 3.63) is 64.7 Å². The Kier molecular flexibility index (Phi) is 9.94. The van der Waals surface area contributed by atoms with Crippen molar-refractivity contribution in [1.29, 1.82) is 0 Å². The first-order chi connectivity index (χ1) is 15.9. The monoisotopic (exact) mass is 507 g/mol. The van der Waals surface area contributed by atoms with Gasteiger partial charge in [-0.2, -0.15) is 0 Å². The van der Waals surface area contributed by atoms with E-state index in [0.29, 0.717) is 22.7 Å². The van der Waals surface area contributed by atoms with Crippen molar-refractivity contribution in [2.24, 2.45) is 0 Å². The Hall–Kier alpha value is -2.58. The van der Waals surface area contributed by atoms with E-state index in [0.717, 1.165) is 22.5 Å². The van der Waals surface area contributed by atoms with Crippen LogP contribution in [0.2, 0.25) is 5.02 Å². The molecule has 0 aromatic heterocycles. The highest BCUT2D eigenvalue weighted by molar-refractivity contribution is 7.92. The first kappa shape index (κ1) is 27.7. The smallest absolute Gasteiger partial charge is 0.244 e. The zero-order valence-corrected chi connectivity index (χ0v) is 22.0. The molecular weight excluding hydrogens is 474 g/mol. The van der Waals surface area contributed by atoms with Crippen molar-refractivity contribution < 1.29 is 18.0 Å². The molecule has 2 aromatic carbocycles. The number of rotatable bonds is 11. The molecule has 34 heavy (non-hydrogen) atoms. The third-order valence-electron chi connectivity index (χ3n) is 5.77. The van der Waals surface area contributed by atoms with E-state index >= 15 is 0 Å². The van der Waals surface area contributed by atoms with Crippen LogP contribution in [0, 0.1) is 6.92 Å². The molecule has 0 aliphatic rings. The van der Waals surface area contributed by atoms with Crippen LogP contribution in [0.1, 0.15) is 38.3 Å². The van der Waals surface area contributed by atoms with Crippen LogP contribution >= 0.6 is 11.6 Å². The lowest BCUT2D eigenvalue weighted by Crippen LogP contribution is -2.53. The predicted octanol–water partition coefficient (Wildman–Crippen LogP) is 3.79. The molecule has 0 saturated carbocycles. The molecule has 0 spiro atoms. The van der Waals surface area contributed by atoms with E-state index < -0.39 is 28.5 Å². The summed E-state index contributed by atoms with van der Waals surface area (Å²) in [7, 11) is -3.80. The van der Waals surface area contributed by atoms with Crippen LogP contribution in [0.15, 0.2) is 48.5 Å². The van der Waals surface area contributed by atoms with Gasteiger partial charge >= 0.3 is 0 Å². The lowest BCUT2D eigenvalue weighted by Gasteiger charge is -2.32. The molecule has 2 rings (SSSR count). The second-order valence-corrected chi connectivity index (χ2v) is 10.9. The van der Waals surface area contributed by atoms with E-state index in [1.807, 2.05) is 44.2 Å². The highest BCUT2D eigenvalue weighted by atomic mass is 35.5. The highest BCUT2D eigenvalue weighted by Crippen LogP contribution is 2.26. The molecule has 0 bridgehead atoms. The maximum atomic E-state index is 13.5. The minimum atomic E-state index is -3.80. The number of hydrogen-bond acceptors (Lipinski definition) is 4. The number of carbonyl (C=O) groups is 2. The van der Waals surface area contributed by atoms with Gasteiger partial charge in [-0.3, -0.25) is 13.9 Å². The molecule has 186 valence electrons. The largest absolute Gasteiger partial charge is 0.352 e. The van der Waals surface area contributed by atoms with Crippen molar-refractivity contribution in [2.75, 3.05) is 23.7 Å². The average Bonchev–Trinajstić information content (AvgIpc) is 2.79. The van der Waals surface area contributed by atoms with E-state index in [9.17, 15) is 18.0 Å². The Labute approximate surface area is 208 Å². The minimum absolute atomic E-state index is 0.0392. The van der Waals surface area contributed by atoms with Gasteiger partial charge in [-0.25, -0.2) is 8.42 Å². The molecule has 7 nitrogen and oxygen atoms in total. The van der Waals surface area contributed by atoms with Crippen LogP contribution in [-0.2, 0) is 26.0 Å². The van der Waals surface area contributed by atoms with Crippen molar-refractivity contribution >= 4 is 39.1 Å². The van der Waals surface area contributed by atoms with E-state index in [4.69, 9.17) is 11.6 Å². The van der Waals surface area contributed by atoms with Crippen LogP contribution < -0.4 is 9.62 Å². The zero-order valence-electron chi connectivity index (χ0n) is 20.4. The maximum Gasteiger partial charge on any atom is 0.244 e. The molecule has 2 amide bonds. The molecular formula is C25H34ClN3O4S. The Bertz CT molecular complexity index is 1090. The first-order valence-corrected chi connectivity index (χ1v) is 13.5. The quantitative estimate of drug-likeness (QED) is 0.501. The number of aryl methyl sites for hydroxylation is 1. The number of carbonyl (C=O) groups excluding carboxylic acids is 2. The Balaban J connectivity index is 2.35. The second kappa shape index (κ2) is 12.2. The summed E-state index contributed by atoms with van der Waals surface area (Å²) in [6.07, 6.45) is 2.34. The van der Waals surface area contributed by atoms with Gasteiger partial charge in [0, 0.05) is 17.6 Å². The molecule has 0 aliphatic heterocycles. The molecule has 0 radical (unpaired) electrons. The number of anilines is 1. The zero-order chi connectivity index (χ0) is 25.5. The van der Waals surface area contributed by atoms with Crippen molar-refractivity contribution in [3.8, 4) is 0 Å². The van der Waals surface area contributed by atoms with Gasteiger partial charge in [-0.15, -0.1) is 0 Å². The molecule has 2 aromatic rings. The lowest BCUT2D eigenvalue weighted by atomic mass is 10.1. The van der Waals surface area contributed by atoms with Crippen LogP contribution in [0.4, 0.5) is 5.69 Å². The summed E-state index contributed by atoms with van der Waals surface area (Å²) >= 11 is 6.11. The topological polar surface area (TPSA) is 86.8 Å². The predicted molar refractivity (Wildman–Crippen MR) is 138 cm³/mol. The standard InChI is InChI=1S/C25H34ClN3O4S/c1-6-19(3)27-25(31)20(4)28(15-14-21-10-8-7-9-11-21)24(30)17-29(34(5,32)33)23-16-22(26)13-12-18(23)2/h7-13,16,19-20H,6,14-15,17H2,1-5H3,(H,27,31)/t19-,20+/m0/s1. The fourth-order valence-electron chi connectivity index (χ4n) is 3.48. The summed E-state index contributed by atoms with van der Waals surface area (Å²) in [5.74, 6) is -0.742. The van der Waals surface area contributed by atoms with Gasteiger partial charge in [-0.1, -0.05) is 54.9 Å². The summed E-state index contributed by atoms with van der Waals surface area (Å²) in [6.45, 7) is 7.11. The fraction of sp³-hybridized carbons (Fsp3) is 0.440. The van der Waals surface area contributed by atoms with E-state index in [1.165, 1.54) is 11.0 Å². The van der Waals surface area contributed by atoms with Gasteiger partial charge < -0.3 is 10.2 Å². The molecule has 2 atom stereocenters. The third kappa shape index (κ3) is 7.74. The summed E-state index contributed by atoms with van der Waals surface area (Å²) in [6, 6.07) is 13.7. The van der Waals surface area contributed by atoms with Crippen LogP contribution in [0.25, 0.3) is 0 Å². The number of nitrogens with one attached hydrogen (secondary N) is 1. The van der Waals surface area contributed by atoms with E-state index in [1.54, 1.807) is 26.0 Å². The number of amides is 2. The second-order valence-electron chi connectivity index (χ2n) is 8.52. The first-order valence-electron chi connectivity index (χ1n) is 11.3.